The van der Waals surface area contributed by atoms with Gasteiger partial charge in [-0.3, -0.25) is 9.59 Å². The van der Waals surface area contributed by atoms with Gasteiger partial charge < -0.3 is 15.4 Å². The fraction of sp³-hybridized carbons (Fsp3) is 0.263. The van der Waals surface area contributed by atoms with E-state index < -0.39 is 6.10 Å². The summed E-state index contributed by atoms with van der Waals surface area (Å²) in [4.78, 5) is 24.1. The molecule has 0 spiro atoms. The number of nitrogens with one attached hydrogen (secondary N) is 2. The van der Waals surface area contributed by atoms with Crippen molar-refractivity contribution < 1.29 is 18.7 Å². The highest BCUT2D eigenvalue weighted by atomic mass is 19.1. The fourth-order valence-corrected chi connectivity index (χ4v) is 3.08. The van der Waals surface area contributed by atoms with Gasteiger partial charge in [0.1, 0.15) is 11.6 Å². The van der Waals surface area contributed by atoms with Crippen molar-refractivity contribution in [3.05, 3.63) is 53.8 Å². The van der Waals surface area contributed by atoms with Gasteiger partial charge in [-0.05, 0) is 55.2 Å². The summed E-state index contributed by atoms with van der Waals surface area (Å²) in [5.41, 5.74) is 2.13. The quantitative estimate of drug-likeness (QED) is 0.901. The molecule has 4 rings (SSSR count). The third-order valence-electron chi connectivity index (χ3n) is 4.60. The molecule has 0 bridgehead atoms. The van der Waals surface area contributed by atoms with Crippen LogP contribution in [0.1, 0.15) is 24.8 Å². The first-order chi connectivity index (χ1) is 12.0. The van der Waals surface area contributed by atoms with Gasteiger partial charge in [0.2, 0.25) is 5.91 Å². The number of fused-ring (bicyclic) bond motifs is 1. The van der Waals surface area contributed by atoms with E-state index in [1.54, 1.807) is 37.3 Å². The predicted molar refractivity (Wildman–Crippen MR) is 91.0 cm³/mol. The lowest BCUT2D eigenvalue weighted by atomic mass is 10.1. The normalized spacial score (nSPS) is 23.9. The molecule has 6 heteroatoms. The molecule has 1 fully saturated rings. The molecule has 0 aromatic heterocycles. The van der Waals surface area contributed by atoms with E-state index in [9.17, 15) is 14.0 Å². The molecule has 1 saturated carbocycles. The summed E-state index contributed by atoms with van der Waals surface area (Å²) in [7, 11) is 0. The van der Waals surface area contributed by atoms with Gasteiger partial charge in [-0.2, -0.15) is 0 Å². The summed E-state index contributed by atoms with van der Waals surface area (Å²) in [5.74, 6) is 0.0217. The van der Waals surface area contributed by atoms with Crippen LogP contribution in [-0.2, 0) is 9.59 Å². The molecular formula is C19H17FN2O3. The van der Waals surface area contributed by atoms with E-state index in [1.807, 2.05) is 0 Å². The lowest BCUT2D eigenvalue weighted by Gasteiger charge is -2.23. The lowest BCUT2D eigenvalue weighted by Crippen LogP contribution is -2.34. The molecule has 3 atom stereocenters. The summed E-state index contributed by atoms with van der Waals surface area (Å²) in [6.07, 6.45) is 0.218. The lowest BCUT2D eigenvalue weighted by molar-refractivity contribution is -0.122. The van der Waals surface area contributed by atoms with Crippen molar-refractivity contribution in [3.63, 3.8) is 0 Å². The zero-order chi connectivity index (χ0) is 17.6. The summed E-state index contributed by atoms with van der Waals surface area (Å²) in [6, 6.07) is 11.4. The molecule has 2 N–H and O–H groups in total. The van der Waals surface area contributed by atoms with E-state index in [0.29, 0.717) is 17.1 Å². The Kier molecular flexibility index (Phi) is 3.67. The Morgan fingerprint density at radius 3 is 2.76 bits per heavy atom. The minimum atomic E-state index is -0.532. The zero-order valence-corrected chi connectivity index (χ0v) is 13.6. The first-order valence-electron chi connectivity index (χ1n) is 8.19. The molecule has 1 aliphatic heterocycles. The molecule has 0 saturated heterocycles. The Balaban J connectivity index is 1.43. The van der Waals surface area contributed by atoms with Crippen molar-refractivity contribution in [2.24, 2.45) is 5.92 Å². The van der Waals surface area contributed by atoms with Crippen LogP contribution in [0.5, 0.6) is 5.75 Å². The molecule has 2 amide bonds. The van der Waals surface area contributed by atoms with Gasteiger partial charge in [0, 0.05) is 11.6 Å². The highest BCUT2D eigenvalue weighted by Crippen LogP contribution is 2.48. The van der Waals surface area contributed by atoms with Gasteiger partial charge in [0.25, 0.3) is 5.91 Å². The van der Waals surface area contributed by atoms with Crippen LogP contribution in [0.4, 0.5) is 15.8 Å². The average Bonchev–Trinajstić information content (AvgIpc) is 3.38. The van der Waals surface area contributed by atoms with Crippen molar-refractivity contribution in [2.45, 2.75) is 25.4 Å². The molecule has 2 aliphatic rings. The molecule has 25 heavy (non-hydrogen) atoms. The smallest absolute Gasteiger partial charge is 0.265 e. The van der Waals surface area contributed by atoms with Crippen LogP contribution >= 0.6 is 0 Å². The van der Waals surface area contributed by atoms with Crippen molar-refractivity contribution in [3.8, 4) is 5.75 Å². The van der Waals surface area contributed by atoms with Crippen LogP contribution in [0.15, 0.2) is 42.5 Å². The third kappa shape index (κ3) is 3.07. The number of benzene rings is 2. The Hall–Kier alpha value is -2.89. The van der Waals surface area contributed by atoms with Crippen LogP contribution in [0.25, 0.3) is 0 Å². The van der Waals surface area contributed by atoms with Gasteiger partial charge in [-0.15, -0.1) is 0 Å². The van der Waals surface area contributed by atoms with Crippen LogP contribution in [-0.4, -0.2) is 17.9 Å². The minimum Gasteiger partial charge on any atom is -0.479 e. The molecule has 2 aromatic rings. The first kappa shape index (κ1) is 15.6. The third-order valence-corrected chi connectivity index (χ3v) is 4.60. The van der Waals surface area contributed by atoms with Crippen molar-refractivity contribution >= 4 is 23.2 Å². The number of hydrogen-bond donors (Lipinski definition) is 2. The van der Waals surface area contributed by atoms with Crippen LogP contribution in [0.2, 0.25) is 0 Å². The second-order valence-electron chi connectivity index (χ2n) is 6.45. The summed E-state index contributed by atoms with van der Waals surface area (Å²) in [6.45, 7) is 1.68. The van der Waals surface area contributed by atoms with Crippen molar-refractivity contribution in [1.82, 2.24) is 0 Å². The van der Waals surface area contributed by atoms with Crippen molar-refractivity contribution in [1.29, 1.82) is 0 Å². The standard InChI is InChI=1S/C19H17FN2O3/c1-10-18(23)22-16-8-13(6-7-17(16)25-10)21-19(24)15-9-14(15)11-2-4-12(20)5-3-11/h2-8,10,14-15H,9H2,1H3,(H,21,24)(H,22,23). The summed E-state index contributed by atoms with van der Waals surface area (Å²) < 4.78 is 18.5. The highest BCUT2D eigenvalue weighted by Gasteiger charge is 2.44. The van der Waals surface area contributed by atoms with Gasteiger partial charge in [-0.25, -0.2) is 4.39 Å². The highest BCUT2D eigenvalue weighted by molar-refractivity contribution is 6.00. The topological polar surface area (TPSA) is 67.4 Å². The van der Waals surface area contributed by atoms with Gasteiger partial charge in [-0.1, -0.05) is 12.1 Å². The minimum absolute atomic E-state index is 0.0781. The zero-order valence-electron chi connectivity index (χ0n) is 13.6. The Bertz CT molecular complexity index is 850. The van der Waals surface area contributed by atoms with E-state index in [1.165, 1.54) is 12.1 Å². The molecule has 0 radical (unpaired) electrons. The number of carbonyl (C=O) groups excluding carboxylic acids is 2. The molecule has 1 aliphatic carbocycles. The summed E-state index contributed by atoms with van der Waals surface area (Å²) in [5, 5.41) is 5.63. The number of carbonyl (C=O) groups is 2. The van der Waals surface area contributed by atoms with E-state index in [2.05, 4.69) is 10.6 Å². The molecule has 5 nitrogen and oxygen atoms in total. The molecular weight excluding hydrogens is 323 g/mol. The van der Waals surface area contributed by atoms with E-state index in [0.717, 1.165) is 12.0 Å². The van der Waals surface area contributed by atoms with Gasteiger partial charge in [0.05, 0.1) is 5.69 Å². The Morgan fingerprint density at radius 1 is 1.24 bits per heavy atom. The first-order valence-corrected chi connectivity index (χ1v) is 8.19. The number of rotatable bonds is 3. The monoisotopic (exact) mass is 340 g/mol. The van der Waals surface area contributed by atoms with Crippen molar-refractivity contribution in [2.75, 3.05) is 10.6 Å². The van der Waals surface area contributed by atoms with E-state index in [-0.39, 0.29) is 29.5 Å². The molecule has 128 valence electrons. The van der Waals surface area contributed by atoms with E-state index >= 15 is 0 Å². The van der Waals surface area contributed by atoms with Crippen LogP contribution in [0, 0.1) is 11.7 Å². The maximum absolute atomic E-state index is 13.0. The predicted octanol–water partition coefficient (Wildman–Crippen LogP) is 3.29. The number of halogens is 1. The fourth-order valence-electron chi connectivity index (χ4n) is 3.08. The Morgan fingerprint density at radius 2 is 2.00 bits per heavy atom. The van der Waals surface area contributed by atoms with Gasteiger partial charge in [0.15, 0.2) is 6.10 Å². The number of hydrogen-bond acceptors (Lipinski definition) is 3. The number of ether oxygens (including phenoxy) is 1. The average molecular weight is 340 g/mol. The molecule has 3 unspecified atom stereocenters. The Labute approximate surface area is 144 Å². The van der Waals surface area contributed by atoms with Crippen LogP contribution < -0.4 is 15.4 Å². The van der Waals surface area contributed by atoms with Crippen LogP contribution in [0.3, 0.4) is 0 Å². The second kappa shape index (κ2) is 5.88. The maximum atomic E-state index is 13.0. The SMILES string of the molecule is CC1Oc2ccc(NC(=O)C3CC3c3ccc(F)cc3)cc2NC1=O. The second-order valence-corrected chi connectivity index (χ2v) is 6.45. The maximum Gasteiger partial charge on any atom is 0.265 e. The van der Waals surface area contributed by atoms with E-state index in [4.69, 9.17) is 4.74 Å². The summed E-state index contributed by atoms with van der Waals surface area (Å²) >= 11 is 0. The number of amides is 2. The van der Waals surface area contributed by atoms with Gasteiger partial charge >= 0.3 is 0 Å². The number of anilines is 2. The molecule has 1 heterocycles. The largest absolute Gasteiger partial charge is 0.479 e. The molecule has 2 aromatic carbocycles.